The van der Waals surface area contributed by atoms with Gasteiger partial charge in [0, 0.05) is 0 Å². The molecule has 0 bridgehead atoms. The van der Waals surface area contributed by atoms with Crippen LogP contribution < -0.4 is 4.74 Å². The monoisotopic (exact) mass is 240 g/mol. The first-order valence-electron chi connectivity index (χ1n) is 5.15. The molecular weight excluding hydrogens is 224 g/mol. The summed E-state index contributed by atoms with van der Waals surface area (Å²) in [5.74, 6) is 0.710. The normalized spacial score (nSPS) is 13.6. The van der Waals surface area contributed by atoms with Gasteiger partial charge in [0.05, 0.1) is 4.90 Å². The van der Waals surface area contributed by atoms with Gasteiger partial charge in [0.25, 0.3) is 0 Å². The first kappa shape index (κ1) is 12.9. The zero-order valence-corrected chi connectivity index (χ0v) is 10.3. The fourth-order valence-electron chi connectivity index (χ4n) is 1.22. The Hall–Kier alpha value is -1.13. The second-order valence-corrected chi connectivity index (χ2v) is 4.28. The quantitative estimate of drug-likeness (QED) is 0.635. The standard InChI is InChI=1S/C12H16O3S/c1-3-10(4-2)9-15-11-5-7-12(8-6-11)16(13)14/h3,5-8H,4,9H2,1-2H3,(H,13,14)/b10-3+. The fraction of sp³-hybridized carbons (Fsp3) is 0.333. The van der Waals surface area contributed by atoms with E-state index in [9.17, 15) is 4.21 Å². The van der Waals surface area contributed by atoms with E-state index in [0.29, 0.717) is 17.3 Å². The van der Waals surface area contributed by atoms with Gasteiger partial charge in [-0.1, -0.05) is 13.0 Å². The van der Waals surface area contributed by atoms with Gasteiger partial charge in [-0.15, -0.1) is 0 Å². The lowest BCUT2D eigenvalue weighted by molar-refractivity contribution is 0.348. The van der Waals surface area contributed by atoms with Crippen LogP contribution in [0.2, 0.25) is 0 Å². The van der Waals surface area contributed by atoms with Gasteiger partial charge in [-0.25, -0.2) is 4.21 Å². The van der Waals surface area contributed by atoms with Crippen LogP contribution in [0.5, 0.6) is 5.75 Å². The first-order chi connectivity index (χ1) is 7.67. The Morgan fingerprint density at radius 3 is 2.50 bits per heavy atom. The molecule has 0 aliphatic rings. The molecule has 0 fully saturated rings. The minimum Gasteiger partial charge on any atom is -0.489 e. The van der Waals surface area contributed by atoms with Gasteiger partial charge >= 0.3 is 0 Å². The second kappa shape index (κ2) is 6.45. The Kier molecular flexibility index (Phi) is 5.22. The zero-order valence-electron chi connectivity index (χ0n) is 9.47. The molecule has 1 aromatic carbocycles. The molecule has 1 atom stereocenters. The maximum Gasteiger partial charge on any atom is 0.186 e. The predicted molar refractivity (Wildman–Crippen MR) is 65.0 cm³/mol. The lowest BCUT2D eigenvalue weighted by Crippen LogP contribution is -2.00. The summed E-state index contributed by atoms with van der Waals surface area (Å²) >= 11 is -1.92. The van der Waals surface area contributed by atoms with E-state index in [2.05, 4.69) is 6.92 Å². The van der Waals surface area contributed by atoms with Crippen LogP contribution in [0.1, 0.15) is 20.3 Å². The molecule has 1 aromatic rings. The van der Waals surface area contributed by atoms with Crippen LogP contribution in [0.15, 0.2) is 40.8 Å². The first-order valence-corrected chi connectivity index (χ1v) is 6.25. The van der Waals surface area contributed by atoms with Crippen molar-refractivity contribution in [1.29, 1.82) is 0 Å². The minimum absolute atomic E-state index is 0.383. The van der Waals surface area contributed by atoms with Crippen molar-refractivity contribution in [2.75, 3.05) is 6.61 Å². The maximum absolute atomic E-state index is 10.7. The number of benzene rings is 1. The Morgan fingerprint density at radius 2 is 2.06 bits per heavy atom. The lowest BCUT2D eigenvalue weighted by Gasteiger charge is -2.07. The molecule has 0 aromatic heterocycles. The lowest BCUT2D eigenvalue weighted by atomic mass is 10.2. The molecule has 16 heavy (non-hydrogen) atoms. The minimum atomic E-state index is -1.92. The highest BCUT2D eigenvalue weighted by atomic mass is 32.2. The van der Waals surface area contributed by atoms with Crippen molar-refractivity contribution in [3.8, 4) is 5.75 Å². The van der Waals surface area contributed by atoms with Gasteiger partial charge in [0.15, 0.2) is 11.1 Å². The number of ether oxygens (including phenoxy) is 1. The van der Waals surface area contributed by atoms with E-state index in [-0.39, 0.29) is 0 Å². The van der Waals surface area contributed by atoms with Crippen molar-refractivity contribution >= 4 is 11.1 Å². The second-order valence-electron chi connectivity index (χ2n) is 3.31. The Balaban J connectivity index is 2.59. The summed E-state index contributed by atoms with van der Waals surface area (Å²) in [5, 5.41) is 0. The molecule has 88 valence electrons. The third-order valence-electron chi connectivity index (χ3n) is 2.31. The topological polar surface area (TPSA) is 46.5 Å². The average molecular weight is 240 g/mol. The largest absolute Gasteiger partial charge is 0.489 e. The van der Waals surface area contributed by atoms with Gasteiger partial charge in [-0.3, -0.25) is 0 Å². The van der Waals surface area contributed by atoms with Gasteiger partial charge in [0.1, 0.15) is 12.4 Å². The molecule has 0 amide bonds. The molecule has 1 N–H and O–H groups in total. The van der Waals surface area contributed by atoms with E-state index >= 15 is 0 Å². The van der Waals surface area contributed by atoms with Crippen molar-refractivity contribution < 1.29 is 13.5 Å². The molecule has 4 heteroatoms. The van der Waals surface area contributed by atoms with E-state index in [1.54, 1.807) is 24.3 Å². The van der Waals surface area contributed by atoms with Crippen molar-refractivity contribution in [2.45, 2.75) is 25.2 Å². The SMILES string of the molecule is C/C=C(\CC)COc1ccc(S(=O)O)cc1. The van der Waals surface area contributed by atoms with Crippen LogP contribution in [0.4, 0.5) is 0 Å². The Morgan fingerprint density at radius 1 is 1.44 bits per heavy atom. The zero-order chi connectivity index (χ0) is 12.0. The van der Waals surface area contributed by atoms with Crippen LogP contribution in [-0.2, 0) is 11.1 Å². The summed E-state index contributed by atoms with van der Waals surface area (Å²) in [5.41, 5.74) is 1.23. The molecule has 3 nitrogen and oxygen atoms in total. The third-order valence-corrected chi connectivity index (χ3v) is 2.99. The third kappa shape index (κ3) is 3.79. The molecule has 0 spiro atoms. The molecule has 1 unspecified atom stereocenters. The summed E-state index contributed by atoms with van der Waals surface area (Å²) < 4.78 is 25.1. The van der Waals surface area contributed by atoms with E-state index < -0.39 is 11.1 Å². The summed E-state index contributed by atoms with van der Waals surface area (Å²) in [7, 11) is 0. The van der Waals surface area contributed by atoms with Crippen LogP contribution in [0, 0.1) is 0 Å². The molecular formula is C12H16O3S. The smallest absolute Gasteiger partial charge is 0.186 e. The summed E-state index contributed by atoms with van der Waals surface area (Å²) in [6.07, 6.45) is 3.01. The van der Waals surface area contributed by atoms with Crippen molar-refractivity contribution in [2.24, 2.45) is 0 Å². The predicted octanol–water partition coefficient (Wildman–Crippen LogP) is 3.00. The molecule has 0 aliphatic heterocycles. The number of hydrogen-bond acceptors (Lipinski definition) is 2. The summed E-state index contributed by atoms with van der Waals surface area (Å²) in [6.45, 7) is 4.63. The molecule has 0 aliphatic carbocycles. The molecule has 0 radical (unpaired) electrons. The van der Waals surface area contributed by atoms with E-state index in [0.717, 1.165) is 6.42 Å². The highest BCUT2D eigenvalue weighted by Crippen LogP contribution is 2.15. The van der Waals surface area contributed by atoms with Crippen molar-refractivity contribution in [3.05, 3.63) is 35.9 Å². The number of hydrogen-bond donors (Lipinski definition) is 1. The van der Waals surface area contributed by atoms with Crippen LogP contribution in [-0.4, -0.2) is 15.4 Å². The molecule has 0 saturated carbocycles. The Labute approximate surface area is 98.4 Å². The summed E-state index contributed by atoms with van der Waals surface area (Å²) in [4.78, 5) is 0.383. The molecule has 0 saturated heterocycles. The number of allylic oxidation sites excluding steroid dienone is 1. The summed E-state index contributed by atoms with van der Waals surface area (Å²) in [6, 6.07) is 6.58. The van der Waals surface area contributed by atoms with Crippen LogP contribution >= 0.6 is 0 Å². The van der Waals surface area contributed by atoms with E-state index in [1.165, 1.54) is 5.57 Å². The average Bonchev–Trinajstić information content (AvgIpc) is 2.31. The van der Waals surface area contributed by atoms with Gasteiger partial charge in [-0.05, 0) is 43.2 Å². The highest BCUT2D eigenvalue weighted by Gasteiger charge is 2.00. The number of rotatable bonds is 5. The fourth-order valence-corrected chi connectivity index (χ4v) is 1.59. The Bertz CT molecular complexity index is 382. The van der Waals surface area contributed by atoms with Gasteiger partial charge in [-0.2, -0.15) is 0 Å². The van der Waals surface area contributed by atoms with Crippen LogP contribution in [0.3, 0.4) is 0 Å². The van der Waals surface area contributed by atoms with Crippen molar-refractivity contribution in [1.82, 2.24) is 0 Å². The highest BCUT2D eigenvalue weighted by molar-refractivity contribution is 7.79. The maximum atomic E-state index is 10.7. The van der Waals surface area contributed by atoms with E-state index in [1.807, 2.05) is 13.0 Å². The van der Waals surface area contributed by atoms with Gasteiger partial charge < -0.3 is 9.29 Å². The molecule has 1 rings (SSSR count). The van der Waals surface area contributed by atoms with Crippen LogP contribution in [0.25, 0.3) is 0 Å². The van der Waals surface area contributed by atoms with Crippen molar-refractivity contribution in [3.63, 3.8) is 0 Å². The van der Waals surface area contributed by atoms with Gasteiger partial charge in [0.2, 0.25) is 0 Å². The van der Waals surface area contributed by atoms with E-state index in [4.69, 9.17) is 9.29 Å². The molecule has 0 heterocycles.